The van der Waals surface area contributed by atoms with Gasteiger partial charge in [-0.05, 0) is 31.2 Å². The van der Waals surface area contributed by atoms with Crippen LogP contribution < -0.4 is 0 Å². The monoisotopic (exact) mass is 432 g/mol. The molecule has 27 heavy (non-hydrogen) atoms. The first-order valence-corrected chi connectivity index (χ1v) is 12.3. The Labute approximate surface area is 183 Å². The molecule has 1 unspecified atom stereocenters. The zero-order valence-corrected chi connectivity index (χ0v) is 19.5. The van der Waals surface area contributed by atoms with E-state index >= 15 is 0 Å². The first kappa shape index (κ1) is 25.1. The van der Waals surface area contributed by atoms with Gasteiger partial charge in [0.25, 0.3) is 0 Å². The van der Waals surface area contributed by atoms with Crippen LogP contribution in [0.1, 0.15) is 102 Å². The van der Waals surface area contributed by atoms with E-state index in [1.165, 1.54) is 89.0 Å². The maximum absolute atomic E-state index is 6.23. The fourth-order valence-corrected chi connectivity index (χ4v) is 4.37. The van der Waals surface area contributed by atoms with Crippen LogP contribution in [0.25, 0.3) is 0 Å². The summed E-state index contributed by atoms with van der Waals surface area (Å²) in [6.07, 6.45) is 18.8. The average Bonchev–Trinajstić information content (AvgIpc) is 2.64. The van der Waals surface area contributed by atoms with Gasteiger partial charge in [-0.1, -0.05) is 143 Å². The van der Waals surface area contributed by atoms with Crippen LogP contribution in [0, 0.1) is 5.92 Å². The minimum atomic E-state index is -1.10. The van der Waals surface area contributed by atoms with Gasteiger partial charge >= 0.3 is 0 Å². The van der Waals surface area contributed by atoms with E-state index in [1.54, 1.807) is 0 Å². The van der Waals surface area contributed by atoms with Crippen LogP contribution in [0.15, 0.2) is 30.3 Å². The van der Waals surface area contributed by atoms with E-state index in [9.17, 15) is 0 Å². The quantitative estimate of drug-likeness (QED) is 0.180. The summed E-state index contributed by atoms with van der Waals surface area (Å²) in [5.74, 6) is 0.215. The second-order valence-corrected chi connectivity index (χ2v) is 10.3. The maximum Gasteiger partial charge on any atom is 0.193 e. The molecule has 0 aliphatic heterocycles. The number of unbranched alkanes of at least 4 members (excludes halogenated alkanes) is 10. The fourth-order valence-electron chi connectivity index (χ4n) is 3.71. The van der Waals surface area contributed by atoms with Gasteiger partial charge in [-0.25, -0.2) is 0 Å². The van der Waals surface area contributed by atoms with E-state index in [-0.39, 0.29) is 5.92 Å². The van der Waals surface area contributed by atoms with E-state index in [1.807, 2.05) is 0 Å². The summed E-state index contributed by atoms with van der Waals surface area (Å²) < 4.78 is -1.10. The number of benzene rings is 1. The van der Waals surface area contributed by atoms with Crippen LogP contribution in [-0.2, 0) is 6.42 Å². The van der Waals surface area contributed by atoms with Crippen molar-refractivity contribution < 1.29 is 0 Å². The minimum Gasteiger partial charge on any atom is -0.0834 e. The Morgan fingerprint density at radius 3 is 1.67 bits per heavy atom. The van der Waals surface area contributed by atoms with Crippen LogP contribution in [-0.4, -0.2) is 3.79 Å². The summed E-state index contributed by atoms with van der Waals surface area (Å²) in [6, 6.07) is 10.8. The lowest BCUT2D eigenvalue weighted by atomic mass is 9.95. The van der Waals surface area contributed by atoms with Crippen molar-refractivity contribution in [2.75, 3.05) is 0 Å². The highest BCUT2D eigenvalue weighted by Gasteiger charge is 2.31. The summed E-state index contributed by atoms with van der Waals surface area (Å²) in [4.78, 5) is 0. The number of halogens is 3. The van der Waals surface area contributed by atoms with Crippen LogP contribution in [0.2, 0.25) is 0 Å². The summed E-state index contributed by atoms with van der Waals surface area (Å²) in [5, 5.41) is 0. The molecule has 0 fully saturated rings. The molecule has 0 N–H and O–H groups in total. The molecule has 0 heterocycles. The van der Waals surface area contributed by atoms with Crippen molar-refractivity contribution in [2.24, 2.45) is 5.92 Å². The van der Waals surface area contributed by atoms with Crippen molar-refractivity contribution in [3.05, 3.63) is 35.9 Å². The Hall–Kier alpha value is 0.0900. The lowest BCUT2D eigenvalue weighted by Gasteiger charge is -2.24. The normalized spacial score (nSPS) is 13.0. The van der Waals surface area contributed by atoms with Crippen molar-refractivity contribution >= 4 is 34.8 Å². The van der Waals surface area contributed by atoms with Gasteiger partial charge in [-0.2, -0.15) is 0 Å². The third-order valence-electron chi connectivity index (χ3n) is 5.48. The summed E-state index contributed by atoms with van der Waals surface area (Å²) in [7, 11) is 0. The first-order valence-electron chi connectivity index (χ1n) is 11.1. The molecule has 1 aromatic carbocycles. The van der Waals surface area contributed by atoms with Crippen LogP contribution in [0.3, 0.4) is 0 Å². The molecule has 0 bridgehead atoms. The van der Waals surface area contributed by atoms with E-state index in [0.29, 0.717) is 0 Å². The molecule has 1 aromatic rings. The zero-order valence-electron chi connectivity index (χ0n) is 17.2. The number of aryl methyl sites for hydroxylation is 1. The first-order chi connectivity index (χ1) is 13.0. The molecule has 1 rings (SSSR count). The second kappa shape index (κ2) is 15.9. The van der Waals surface area contributed by atoms with Gasteiger partial charge < -0.3 is 0 Å². The Morgan fingerprint density at radius 2 is 1.15 bits per heavy atom. The standard InChI is InChI=1S/C24H39Cl3/c1-2-3-4-5-9-15-20-23(24(25,26)27)21-16-10-7-6-8-12-17-22-18-13-11-14-19-22/h11,13-14,18-19,23H,2-10,12,15-17,20-21H2,1H3. The Kier molecular flexibility index (Phi) is 14.8. The molecule has 0 radical (unpaired) electrons. The molecule has 3 heteroatoms. The smallest absolute Gasteiger partial charge is 0.0834 e. The molecule has 1 atom stereocenters. The van der Waals surface area contributed by atoms with Gasteiger partial charge in [0, 0.05) is 5.92 Å². The molecule has 0 spiro atoms. The van der Waals surface area contributed by atoms with E-state index in [4.69, 9.17) is 34.8 Å². The summed E-state index contributed by atoms with van der Waals surface area (Å²) >= 11 is 18.7. The second-order valence-electron chi connectivity index (χ2n) is 7.94. The lowest BCUT2D eigenvalue weighted by molar-refractivity contribution is 0.407. The maximum atomic E-state index is 6.23. The largest absolute Gasteiger partial charge is 0.193 e. The van der Waals surface area contributed by atoms with E-state index in [0.717, 1.165) is 12.8 Å². The van der Waals surface area contributed by atoms with Gasteiger partial charge in [0.1, 0.15) is 0 Å². The Balaban J connectivity index is 2.04. The van der Waals surface area contributed by atoms with Gasteiger partial charge in [-0.3, -0.25) is 0 Å². The molecule has 0 saturated carbocycles. The van der Waals surface area contributed by atoms with Gasteiger partial charge in [0.2, 0.25) is 0 Å². The third-order valence-corrected chi connectivity index (χ3v) is 6.41. The molecule has 0 amide bonds. The number of hydrogen-bond donors (Lipinski definition) is 0. The molecule has 0 aromatic heterocycles. The summed E-state index contributed by atoms with van der Waals surface area (Å²) in [5.41, 5.74) is 1.46. The highest BCUT2D eigenvalue weighted by molar-refractivity contribution is 6.67. The van der Waals surface area contributed by atoms with E-state index < -0.39 is 3.79 Å². The van der Waals surface area contributed by atoms with Gasteiger partial charge in [0.15, 0.2) is 3.79 Å². The predicted molar refractivity (Wildman–Crippen MR) is 124 cm³/mol. The van der Waals surface area contributed by atoms with Crippen molar-refractivity contribution in [2.45, 2.75) is 107 Å². The fraction of sp³-hybridized carbons (Fsp3) is 0.750. The zero-order chi connectivity index (χ0) is 19.8. The lowest BCUT2D eigenvalue weighted by Crippen LogP contribution is -2.19. The number of hydrogen-bond acceptors (Lipinski definition) is 0. The molecule has 156 valence electrons. The van der Waals surface area contributed by atoms with Crippen molar-refractivity contribution in [1.29, 1.82) is 0 Å². The topological polar surface area (TPSA) is 0 Å². The highest BCUT2D eigenvalue weighted by Crippen LogP contribution is 2.41. The summed E-state index contributed by atoms with van der Waals surface area (Å²) in [6.45, 7) is 2.25. The minimum absolute atomic E-state index is 0.215. The molecule has 0 nitrogen and oxygen atoms in total. The Morgan fingerprint density at radius 1 is 0.667 bits per heavy atom. The van der Waals surface area contributed by atoms with E-state index in [2.05, 4.69) is 37.3 Å². The number of rotatable bonds is 16. The van der Waals surface area contributed by atoms with Crippen molar-refractivity contribution in [1.82, 2.24) is 0 Å². The average molecular weight is 434 g/mol. The highest BCUT2D eigenvalue weighted by atomic mass is 35.6. The SMILES string of the molecule is CCCCCCCCC(CCCCCCCCc1ccccc1)C(Cl)(Cl)Cl. The van der Waals surface area contributed by atoms with Crippen molar-refractivity contribution in [3.63, 3.8) is 0 Å². The molecular formula is C24H39Cl3. The molecular weight excluding hydrogens is 395 g/mol. The van der Waals surface area contributed by atoms with Crippen molar-refractivity contribution in [3.8, 4) is 0 Å². The predicted octanol–water partition coefficient (Wildman–Crippen LogP) is 9.70. The number of alkyl halides is 3. The van der Waals surface area contributed by atoms with Crippen LogP contribution >= 0.6 is 34.8 Å². The van der Waals surface area contributed by atoms with Gasteiger partial charge in [-0.15, -0.1) is 0 Å². The van der Waals surface area contributed by atoms with Crippen LogP contribution in [0.5, 0.6) is 0 Å². The molecule has 0 saturated heterocycles. The van der Waals surface area contributed by atoms with Gasteiger partial charge in [0.05, 0.1) is 0 Å². The Bertz CT molecular complexity index is 439. The van der Waals surface area contributed by atoms with Crippen LogP contribution in [0.4, 0.5) is 0 Å². The molecule has 0 aliphatic carbocycles. The molecule has 0 aliphatic rings. The third kappa shape index (κ3) is 13.8.